The van der Waals surface area contributed by atoms with Crippen molar-refractivity contribution in [2.45, 2.75) is 11.3 Å². The molecular formula is C24H21F2N3O5S. The van der Waals surface area contributed by atoms with Crippen LogP contribution in [0, 0.1) is 11.6 Å². The lowest BCUT2D eigenvalue weighted by molar-refractivity contribution is -0.115. The average molecular weight is 502 g/mol. The fourth-order valence-electron chi connectivity index (χ4n) is 3.21. The number of benzene rings is 3. The molecule has 0 spiro atoms. The van der Waals surface area contributed by atoms with Gasteiger partial charge in [0.1, 0.15) is 22.9 Å². The van der Waals surface area contributed by atoms with Crippen molar-refractivity contribution in [1.29, 1.82) is 0 Å². The van der Waals surface area contributed by atoms with Gasteiger partial charge in [-0.2, -0.15) is 8.42 Å². The van der Waals surface area contributed by atoms with Gasteiger partial charge in [0.25, 0.3) is 10.0 Å². The summed E-state index contributed by atoms with van der Waals surface area (Å²) in [7, 11) is -1.46. The van der Waals surface area contributed by atoms with Crippen molar-refractivity contribution in [2.24, 2.45) is 4.40 Å². The third-order valence-corrected chi connectivity index (χ3v) is 6.07. The standard InChI is InChI=1S/C24H21F2N3O5S/c1-29(2)14-27-35(33,34)23-19(12-17(25)13-20(23)24(31)32)15-7-9-18(10-8-15)28-22(30)11-16-5-3-4-6-21(16)26/h3-10,12-14H,11H2,1-2H3,(H,28,30)(H,31,32). The van der Waals surface area contributed by atoms with E-state index in [9.17, 15) is 31.9 Å². The molecular weight excluding hydrogens is 480 g/mol. The van der Waals surface area contributed by atoms with Crippen molar-refractivity contribution in [3.8, 4) is 11.1 Å². The second kappa shape index (κ2) is 10.4. The molecule has 1 amide bonds. The molecule has 2 N–H and O–H groups in total. The molecule has 8 nitrogen and oxygen atoms in total. The van der Waals surface area contributed by atoms with Crippen LogP contribution >= 0.6 is 0 Å². The molecule has 35 heavy (non-hydrogen) atoms. The molecule has 0 bridgehead atoms. The molecule has 0 unspecified atom stereocenters. The molecule has 0 saturated heterocycles. The number of amides is 1. The van der Waals surface area contributed by atoms with Gasteiger partial charge in [0.2, 0.25) is 5.91 Å². The summed E-state index contributed by atoms with van der Waals surface area (Å²) >= 11 is 0. The number of carbonyl (C=O) groups excluding carboxylic acids is 1. The summed E-state index contributed by atoms with van der Waals surface area (Å²) in [5, 5.41) is 12.1. The van der Waals surface area contributed by atoms with Crippen LogP contribution in [0.3, 0.4) is 0 Å². The Kier molecular flexibility index (Phi) is 7.60. The third-order valence-electron chi connectivity index (χ3n) is 4.75. The minimum atomic E-state index is -4.52. The first-order chi connectivity index (χ1) is 16.5. The smallest absolute Gasteiger partial charge is 0.337 e. The van der Waals surface area contributed by atoms with Gasteiger partial charge in [0.05, 0.1) is 12.0 Å². The summed E-state index contributed by atoms with van der Waals surface area (Å²) in [5.74, 6) is -3.58. The predicted molar refractivity (Wildman–Crippen MR) is 127 cm³/mol. The first-order valence-electron chi connectivity index (χ1n) is 10.2. The Hall–Kier alpha value is -4.12. The molecule has 3 aromatic carbocycles. The Bertz CT molecular complexity index is 1410. The van der Waals surface area contributed by atoms with Crippen LogP contribution in [0.5, 0.6) is 0 Å². The average Bonchev–Trinajstić information content (AvgIpc) is 2.79. The monoisotopic (exact) mass is 501 g/mol. The zero-order valence-electron chi connectivity index (χ0n) is 18.7. The number of hydrogen-bond donors (Lipinski definition) is 2. The summed E-state index contributed by atoms with van der Waals surface area (Å²) < 4.78 is 57.3. The van der Waals surface area contributed by atoms with Gasteiger partial charge in [0.15, 0.2) is 0 Å². The molecule has 0 heterocycles. The summed E-state index contributed by atoms with van der Waals surface area (Å²) in [4.78, 5) is 24.7. The maximum atomic E-state index is 14.3. The Morgan fingerprint density at radius 1 is 1.06 bits per heavy atom. The van der Waals surface area contributed by atoms with Crippen LogP contribution in [0.2, 0.25) is 0 Å². The van der Waals surface area contributed by atoms with E-state index in [2.05, 4.69) is 9.71 Å². The quantitative estimate of drug-likeness (QED) is 0.358. The van der Waals surface area contributed by atoms with Gasteiger partial charge in [-0.25, -0.2) is 13.6 Å². The normalized spacial score (nSPS) is 11.4. The van der Waals surface area contributed by atoms with E-state index in [1.807, 2.05) is 0 Å². The third kappa shape index (κ3) is 6.27. The maximum Gasteiger partial charge on any atom is 0.337 e. The summed E-state index contributed by atoms with van der Waals surface area (Å²) in [6.07, 6.45) is 0.787. The van der Waals surface area contributed by atoms with Crippen LogP contribution in [0.4, 0.5) is 14.5 Å². The van der Waals surface area contributed by atoms with Crippen molar-refractivity contribution in [3.05, 3.63) is 83.4 Å². The number of nitrogens with one attached hydrogen (secondary N) is 1. The van der Waals surface area contributed by atoms with Crippen LogP contribution in [-0.2, 0) is 21.2 Å². The molecule has 182 valence electrons. The first-order valence-corrected chi connectivity index (χ1v) is 11.6. The number of hydrogen-bond acceptors (Lipinski definition) is 4. The molecule has 3 aromatic rings. The van der Waals surface area contributed by atoms with Gasteiger partial charge in [-0.1, -0.05) is 30.3 Å². The van der Waals surface area contributed by atoms with Crippen molar-refractivity contribution >= 4 is 33.9 Å². The molecule has 0 saturated carbocycles. The maximum absolute atomic E-state index is 14.3. The molecule has 0 aromatic heterocycles. The van der Waals surface area contributed by atoms with Gasteiger partial charge in [-0.3, -0.25) is 4.79 Å². The Balaban J connectivity index is 1.97. The molecule has 0 aliphatic heterocycles. The first kappa shape index (κ1) is 25.5. The minimum Gasteiger partial charge on any atom is -0.478 e. The van der Waals surface area contributed by atoms with Crippen LogP contribution in [0.1, 0.15) is 15.9 Å². The van der Waals surface area contributed by atoms with Crippen molar-refractivity contribution in [2.75, 3.05) is 19.4 Å². The highest BCUT2D eigenvalue weighted by atomic mass is 32.2. The number of rotatable bonds is 8. The van der Waals surface area contributed by atoms with E-state index in [0.717, 1.165) is 12.4 Å². The number of carboxylic acid groups (broad SMARTS) is 1. The lowest BCUT2D eigenvalue weighted by Gasteiger charge is -2.13. The Labute approximate surface area is 200 Å². The van der Waals surface area contributed by atoms with Crippen LogP contribution in [-0.4, -0.2) is 50.7 Å². The molecule has 0 atom stereocenters. The van der Waals surface area contributed by atoms with Gasteiger partial charge >= 0.3 is 5.97 Å². The fourth-order valence-corrected chi connectivity index (χ4v) is 4.50. The lowest BCUT2D eigenvalue weighted by Crippen LogP contribution is -2.15. The number of halogens is 2. The molecule has 0 aliphatic carbocycles. The fraction of sp³-hybridized carbons (Fsp3) is 0.125. The summed E-state index contributed by atoms with van der Waals surface area (Å²) in [5.41, 5.74) is -0.255. The topological polar surface area (TPSA) is 116 Å². The Morgan fingerprint density at radius 3 is 2.31 bits per heavy atom. The van der Waals surface area contributed by atoms with Gasteiger partial charge in [-0.15, -0.1) is 4.40 Å². The lowest BCUT2D eigenvalue weighted by atomic mass is 10.0. The second-order valence-electron chi connectivity index (χ2n) is 7.69. The minimum absolute atomic E-state index is 0.178. The van der Waals surface area contributed by atoms with Gasteiger partial charge in [-0.05, 0) is 41.5 Å². The highest BCUT2D eigenvalue weighted by molar-refractivity contribution is 7.90. The van der Waals surface area contributed by atoms with E-state index in [1.54, 1.807) is 6.07 Å². The predicted octanol–water partition coefficient (Wildman–Crippen LogP) is 3.79. The van der Waals surface area contributed by atoms with E-state index in [-0.39, 0.29) is 23.1 Å². The molecule has 11 heteroatoms. The number of sulfonamides is 1. The number of carboxylic acids is 1. The summed E-state index contributed by atoms with van der Waals surface area (Å²) in [6.45, 7) is 0. The van der Waals surface area contributed by atoms with Gasteiger partial charge in [0, 0.05) is 25.3 Å². The van der Waals surface area contributed by atoms with Crippen LogP contribution < -0.4 is 5.32 Å². The molecule has 0 fully saturated rings. The zero-order valence-corrected chi connectivity index (χ0v) is 19.5. The van der Waals surface area contributed by atoms with Crippen LogP contribution in [0.25, 0.3) is 11.1 Å². The SMILES string of the molecule is CN(C)C=NS(=O)(=O)c1c(C(=O)O)cc(F)cc1-c1ccc(NC(=O)Cc2ccccc2F)cc1. The summed E-state index contributed by atoms with van der Waals surface area (Å²) in [6, 6.07) is 13.0. The number of aromatic carboxylic acids is 1. The van der Waals surface area contributed by atoms with E-state index in [1.165, 1.54) is 61.5 Å². The van der Waals surface area contributed by atoms with Gasteiger partial charge < -0.3 is 15.3 Å². The molecule has 3 rings (SSSR count). The van der Waals surface area contributed by atoms with Crippen molar-refractivity contribution in [3.63, 3.8) is 0 Å². The number of carbonyl (C=O) groups is 2. The second-order valence-corrected chi connectivity index (χ2v) is 9.26. The largest absolute Gasteiger partial charge is 0.478 e. The van der Waals surface area contributed by atoms with E-state index in [0.29, 0.717) is 11.8 Å². The number of nitrogens with zero attached hydrogens (tertiary/aromatic N) is 2. The highest BCUT2D eigenvalue weighted by Gasteiger charge is 2.27. The van der Waals surface area contributed by atoms with Crippen molar-refractivity contribution in [1.82, 2.24) is 4.90 Å². The van der Waals surface area contributed by atoms with Crippen LogP contribution in [0.15, 0.2) is 70.0 Å². The molecule has 0 radical (unpaired) electrons. The van der Waals surface area contributed by atoms with E-state index in [4.69, 9.17) is 0 Å². The van der Waals surface area contributed by atoms with E-state index >= 15 is 0 Å². The highest BCUT2D eigenvalue weighted by Crippen LogP contribution is 2.33. The number of anilines is 1. The molecule has 0 aliphatic rings. The Morgan fingerprint density at radius 2 is 1.71 bits per heavy atom. The zero-order chi connectivity index (χ0) is 25.8. The van der Waals surface area contributed by atoms with E-state index < -0.39 is 44.0 Å². The van der Waals surface area contributed by atoms with Crippen molar-refractivity contribution < 1.29 is 31.9 Å².